The van der Waals surface area contributed by atoms with Gasteiger partial charge in [0, 0.05) is 17.9 Å². The average Bonchev–Trinajstić information content (AvgIpc) is 3.07. The van der Waals surface area contributed by atoms with E-state index < -0.39 is 5.91 Å². The number of benzene rings is 2. The Morgan fingerprint density at radius 2 is 1.79 bits per heavy atom. The number of aromatic nitrogens is 2. The average molecular weight is 356 g/mol. The normalized spacial score (nSPS) is 10.5. The number of anilines is 1. The third kappa shape index (κ3) is 4.56. The van der Waals surface area contributed by atoms with Crippen molar-refractivity contribution in [2.45, 2.75) is 16.6 Å². The van der Waals surface area contributed by atoms with Crippen LogP contribution < -0.4 is 11.1 Å². The monoisotopic (exact) mass is 356 g/mol. The molecule has 0 saturated heterocycles. The van der Waals surface area contributed by atoms with Gasteiger partial charge in [0.05, 0.1) is 0 Å². The molecule has 0 aliphatic carbocycles. The van der Waals surface area contributed by atoms with Crippen molar-refractivity contribution in [1.82, 2.24) is 10.2 Å². The topological polar surface area (TPSA) is 80.9 Å². The first-order valence-corrected chi connectivity index (χ1v) is 9.14. The first-order valence-electron chi connectivity index (χ1n) is 7.33. The Bertz CT molecular complexity index is 803. The van der Waals surface area contributed by atoms with Gasteiger partial charge in [0.1, 0.15) is 0 Å². The molecular formula is C17H16N4OS2. The predicted molar refractivity (Wildman–Crippen MR) is 98.2 cm³/mol. The molecule has 0 saturated carbocycles. The zero-order chi connectivity index (χ0) is 16.8. The van der Waals surface area contributed by atoms with E-state index in [0.717, 1.165) is 20.8 Å². The molecule has 7 heteroatoms. The molecule has 0 aliphatic heterocycles. The second-order valence-electron chi connectivity index (χ2n) is 5.06. The highest BCUT2D eigenvalue weighted by atomic mass is 32.2. The Morgan fingerprint density at radius 1 is 1.04 bits per heavy atom. The fourth-order valence-corrected chi connectivity index (χ4v) is 3.73. The summed E-state index contributed by atoms with van der Waals surface area (Å²) in [5.41, 5.74) is 8.05. The summed E-state index contributed by atoms with van der Waals surface area (Å²) in [6, 6.07) is 17.5. The summed E-state index contributed by atoms with van der Waals surface area (Å²) in [6.45, 7) is 0.622. The van der Waals surface area contributed by atoms with Crippen LogP contribution in [0.1, 0.15) is 21.5 Å². The molecule has 3 N–H and O–H groups in total. The van der Waals surface area contributed by atoms with Crippen molar-refractivity contribution in [2.75, 3.05) is 5.32 Å². The van der Waals surface area contributed by atoms with E-state index >= 15 is 0 Å². The van der Waals surface area contributed by atoms with Crippen LogP contribution in [0, 0.1) is 0 Å². The van der Waals surface area contributed by atoms with Crippen LogP contribution in [-0.2, 0) is 12.3 Å². The minimum Gasteiger partial charge on any atom is -0.366 e. The number of hydrogen-bond donors (Lipinski definition) is 2. The maximum absolute atomic E-state index is 11.0. The number of nitrogens with one attached hydrogen (secondary N) is 1. The number of rotatable bonds is 7. The van der Waals surface area contributed by atoms with Gasteiger partial charge in [-0.15, -0.1) is 10.2 Å². The number of nitrogens with two attached hydrogens (primary N) is 1. The summed E-state index contributed by atoms with van der Waals surface area (Å²) >= 11 is 3.21. The van der Waals surface area contributed by atoms with Crippen LogP contribution in [0.15, 0.2) is 58.9 Å². The number of nitrogens with zero attached hydrogens (tertiary/aromatic N) is 2. The van der Waals surface area contributed by atoms with Crippen molar-refractivity contribution in [2.24, 2.45) is 5.73 Å². The van der Waals surface area contributed by atoms with Gasteiger partial charge in [0.15, 0.2) is 4.34 Å². The molecule has 5 nitrogen and oxygen atoms in total. The van der Waals surface area contributed by atoms with Crippen molar-refractivity contribution in [1.29, 1.82) is 0 Å². The number of amides is 1. The van der Waals surface area contributed by atoms with Gasteiger partial charge in [-0.3, -0.25) is 4.79 Å². The first kappa shape index (κ1) is 16.5. The standard InChI is InChI=1S/C17H16N4OS2/c18-15(22)14-8-6-12(7-9-14)10-19-16-20-21-17(24-16)23-11-13-4-2-1-3-5-13/h1-9H,10-11H2,(H2,18,22)(H,19,20). The smallest absolute Gasteiger partial charge is 0.248 e. The summed E-state index contributed by atoms with van der Waals surface area (Å²) < 4.78 is 0.936. The Balaban J connectivity index is 1.51. The molecule has 1 heterocycles. The van der Waals surface area contributed by atoms with Gasteiger partial charge in [-0.1, -0.05) is 65.6 Å². The van der Waals surface area contributed by atoms with Gasteiger partial charge in [-0.05, 0) is 23.3 Å². The molecule has 1 amide bonds. The zero-order valence-electron chi connectivity index (χ0n) is 12.8. The highest BCUT2D eigenvalue weighted by Crippen LogP contribution is 2.28. The minimum absolute atomic E-state index is 0.418. The Kier molecular flexibility index (Phi) is 5.45. The van der Waals surface area contributed by atoms with E-state index in [2.05, 4.69) is 27.6 Å². The van der Waals surface area contributed by atoms with Gasteiger partial charge in [-0.25, -0.2) is 0 Å². The number of thioether (sulfide) groups is 1. The molecule has 3 aromatic rings. The van der Waals surface area contributed by atoms with Crippen LogP contribution in [0.5, 0.6) is 0 Å². The Labute approximate surface area is 148 Å². The third-order valence-corrected chi connectivity index (χ3v) is 5.38. The zero-order valence-corrected chi connectivity index (χ0v) is 14.4. The van der Waals surface area contributed by atoms with Crippen molar-refractivity contribution in [3.63, 3.8) is 0 Å². The molecule has 0 aliphatic rings. The van der Waals surface area contributed by atoms with Gasteiger partial charge >= 0.3 is 0 Å². The van der Waals surface area contributed by atoms with E-state index in [9.17, 15) is 4.79 Å². The van der Waals surface area contributed by atoms with Gasteiger partial charge in [-0.2, -0.15) is 0 Å². The number of carbonyl (C=O) groups is 1. The van der Waals surface area contributed by atoms with Crippen molar-refractivity contribution < 1.29 is 4.79 Å². The van der Waals surface area contributed by atoms with Crippen LogP contribution in [0.25, 0.3) is 0 Å². The molecule has 0 bridgehead atoms. The maximum Gasteiger partial charge on any atom is 0.248 e. The SMILES string of the molecule is NC(=O)c1ccc(CNc2nnc(SCc3ccccc3)s2)cc1. The Hall–Kier alpha value is -2.38. The van der Waals surface area contributed by atoms with Crippen LogP contribution in [0.4, 0.5) is 5.13 Å². The van der Waals surface area contributed by atoms with Crippen LogP contribution >= 0.6 is 23.1 Å². The lowest BCUT2D eigenvalue weighted by molar-refractivity contribution is 0.100. The van der Waals surface area contributed by atoms with E-state index in [1.807, 2.05) is 30.3 Å². The lowest BCUT2D eigenvalue weighted by atomic mass is 10.1. The first-order chi connectivity index (χ1) is 11.7. The lowest BCUT2D eigenvalue weighted by Gasteiger charge is -2.03. The van der Waals surface area contributed by atoms with E-state index in [-0.39, 0.29) is 0 Å². The molecular weight excluding hydrogens is 340 g/mol. The van der Waals surface area contributed by atoms with Gasteiger partial charge in [0.2, 0.25) is 11.0 Å². The molecule has 0 unspecified atom stereocenters. The molecule has 0 atom stereocenters. The van der Waals surface area contributed by atoms with Gasteiger partial charge in [0.25, 0.3) is 0 Å². The third-order valence-electron chi connectivity index (χ3n) is 3.29. The fraction of sp³-hybridized carbons (Fsp3) is 0.118. The maximum atomic E-state index is 11.0. The minimum atomic E-state index is -0.418. The summed E-state index contributed by atoms with van der Waals surface area (Å²) in [5, 5.41) is 12.4. The predicted octanol–water partition coefficient (Wildman–Crippen LogP) is 3.54. The summed E-state index contributed by atoms with van der Waals surface area (Å²) in [7, 11) is 0. The molecule has 1 aromatic heterocycles. The molecule has 0 spiro atoms. The van der Waals surface area contributed by atoms with Gasteiger partial charge < -0.3 is 11.1 Å². The van der Waals surface area contributed by atoms with Crippen LogP contribution in [-0.4, -0.2) is 16.1 Å². The van der Waals surface area contributed by atoms with Crippen molar-refractivity contribution in [3.05, 3.63) is 71.3 Å². The van der Waals surface area contributed by atoms with E-state index in [1.165, 1.54) is 16.9 Å². The largest absolute Gasteiger partial charge is 0.366 e. The highest BCUT2D eigenvalue weighted by molar-refractivity contribution is 8.00. The highest BCUT2D eigenvalue weighted by Gasteiger charge is 2.05. The van der Waals surface area contributed by atoms with Crippen LogP contribution in [0.3, 0.4) is 0 Å². The van der Waals surface area contributed by atoms with E-state index in [1.54, 1.807) is 23.9 Å². The van der Waals surface area contributed by atoms with E-state index in [0.29, 0.717) is 12.1 Å². The number of carbonyl (C=O) groups excluding carboxylic acids is 1. The molecule has 0 radical (unpaired) electrons. The molecule has 3 rings (SSSR count). The number of primary amides is 1. The molecule has 24 heavy (non-hydrogen) atoms. The second kappa shape index (κ2) is 7.94. The second-order valence-corrected chi connectivity index (χ2v) is 7.26. The summed E-state index contributed by atoms with van der Waals surface area (Å²) in [4.78, 5) is 11.0. The quantitative estimate of drug-likeness (QED) is 0.633. The summed E-state index contributed by atoms with van der Waals surface area (Å²) in [6.07, 6.45) is 0. The number of hydrogen-bond acceptors (Lipinski definition) is 6. The Morgan fingerprint density at radius 3 is 2.50 bits per heavy atom. The lowest BCUT2D eigenvalue weighted by Crippen LogP contribution is -2.10. The molecule has 2 aromatic carbocycles. The molecule has 0 fully saturated rings. The van der Waals surface area contributed by atoms with Crippen molar-refractivity contribution >= 4 is 34.1 Å². The van der Waals surface area contributed by atoms with E-state index in [4.69, 9.17) is 5.73 Å². The molecule has 122 valence electrons. The summed E-state index contributed by atoms with van der Waals surface area (Å²) in [5.74, 6) is 0.461. The van der Waals surface area contributed by atoms with Crippen LogP contribution in [0.2, 0.25) is 0 Å². The van der Waals surface area contributed by atoms with Crippen molar-refractivity contribution in [3.8, 4) is 0 Å². The fourth-order valence-electron chi connectivity index (χ4n) is 2.02.